The predicted molar refractivity (Wildman–Crippen MR) is 79.6 cm³/mol. The molecule has 1 fully saturated rings. The molecular formula is C15H23N3O2. The van der Waals surface area contributed by atoms with E-state index in [0.717, 1.165) is 12.2 Å². The van der Waals surface area contributed by atoms with Crippen LogP contribution in [0.3, 0.4) is 0 Å². The van der Waals surface area contributed by atoms with Gasteiger partial charge in [0.05, 0.1) is 19.1 Å². The zero-order valence-corrected chi connectivity index (χ0v) is 12.3. The molecule has 2 rings (SSSR count). The molecule has 0 saturated carbocycles. The summed E-state index contributed by atoms with van der Waals surface area (Å²) in [6.07, 6.45) is 0. The molecule has 0 spiro atoms. The van der Waals surface area contributed by atoms with E-state index >= 15 is 0 Å². The highest BCUT2D eigenvalue weighted by Crippen LogP contribution is 2.18. The Morgan fingerprint density at radius 1 is 1.40 bits per heavy atom. The summed E-state index contributed by atoms with van der Waals surface area (Å²) in [4.78, 5) is 14.4. The zero-order chi connectivity index (χ0) is 14.5. The Morgan fingerprint density at radius 2 is 2.20 bits per heavy atom. The lowest BCUT2D eigenvalue weighted by Crippen LogP contribution is -2.39. The molecule has 1 aromatic carbocycles. The third-order valence-electron chi connectivity index (χ3n) is 3.48. The molecule has 1 aliphatic heterocycles. The molecule has 0 radical (unpaired) electrons. The number of carbonyl (C=O) groups excluding carboxylic acids is 1. The summed E-state index contributed by atoms with van der Waals surface area (Å²) in [5.74, 6) is -0.110. The number of carbonyl (C=O) groups is 1. The predicted octanol–water partition coefficient (Wildman–Crippen LogP) is 0.921. The SMILES string of the molecule is CNC1COCC1C(=O)Nc1cccc(CN(C)C)c1. The van der Waals surface area contributed by atoms with Gasteiger partial charge in [0.1, 0.15) is 0 Å². The maximum atomic E-state index is 12.3. The van der Waals surface area contributed by atoms with E-state index < -0.39 is 0 Å². The van der Waals surface area contributed by atoms with Crippen molar-refractivity contribution in [2.75, 3.05) is 39.7 Å². The maximum absolute atomic E-state index is 12.3. The third-order valence-corrected chi connectivity index (χ3v) is 3.48. The van der Waals surface area contributed by atoms with Crippen LogP contribution in [0.1, 0.15) is 5.56 Å². The molecule has 1 aliphatic rings. The summed E-state index contributed by atoms with van der Waals surface area (Å²) in [6, 6.07) is 8.06. The van der Waals surface area contributed by atoms with Crippen LogP contribution in [0.25, 0.3) is 0 Å². The highest BCUT2D eigenvalue weighted by atomic mass is 16.5. The number of amides is 1. The topological polar surface area (TPSA) is 53.6 Å². The first-order valence-electron chi connectivity index (χ1n) is 6.89. The molecule has 0 aromatic heterocycles. The van der Waals surface area contributed by atoms with Gasteiger partial charge in [0.25, 0.3) is 0 Å². The van der Waals surface area contributed by atoms with Crippen molar-refractivity contribution in [1.82, 2.24) is 10.2 Å². The van der Waals surface area contributed by atoms with Gasteiger partial charge in [-0.15, -0.1) is 0 Å². The molecule has 20 heavy (non-hydrogen) atoms. The van der Waals surface area contributed by atoms with E-state index in [9.17, 15) is 4.79 Å². The van der Waals surface area contributed by atoms with Crippen LogP contribution >= 0.6 is 0 Å². The number of benzene rings is 1. The first-order valence-corrected chi connectivity index (χ1v) is 6.89. The van der Waals surface area contributed by atoms with Crippen molar-refractivity contribution < 1.29 is 9.53 Å². The van der Waals surface area contributed by atoms with Crippen LogP contribution in [0.2, 0.25) is 0 Å². The van der Waals surface area contributed by atoms with E-state index in [2.05, 4.69) is 21.6 Å². The van der Waals surface area contributed by atoms with Crippen LogP contribution in [0.5, 0.6) is 0 Å². The fourth-order valence-corrected chi connectivity index (χ4v) is 2.44. The molecule has 0 aliphatic carbocycles. The molecular weight excluding hydrogens is 254 g/mol. The van der Waals surface area contributed by atoms with Gasteiger partial charge >= 0.3 is 0 Å². The van der Waals surface area contributed by atoms with Gasteiger partial charge in [0, 0.05) is 18.3 Å². The Balaban J connectivity index is 2.00. The Morgan fingerprint density at radius 3 is 2.90 bits per heavy atom. The smallest absolute Gasteiger partial charge is 0.231 e. The number of ether oxygens (including phenoxy) is 1. The van der Waals surface area contributed by atoms with Crippen molar-refractivity contribution >= 4 is 11.6 Å². The van der Waals surface area contributed by atoms with E-state index in [4.69, 9.17) is 4.74 Å². The number of hydrogen-bond donors (Lipinski definition) is 2. The fraction of sp³-hybridized carbons (Fsp3) is 0.533. The first kappa shape index (κ1) is 15.0. The van der Waals surface area contributed by atoms with E-state index in [0.29, 0.717) is 13.2 Å². The molecule has 0 bridgehead atoms. The largest absolute Gasteiger partial charge is 0.379 e. The first-order chi connectivity index (χ1) is 9.60. The third kappa shape index (κ3) is 3.79. The lowest BCUT2D eigenvalue weighted by molar-refractivity contribution is -0.120. The molecule has 1 saturated heterocycles. The van der Waals surface area contributed by atoms with E-state index in [1.54, 1.807) is 0 Å². The van der Waals surface area contributed by atoms with Gasteiger partial charge in [0.15, 0.2) is 0 Å². The summed E-state index contributed by atoms with van der Waals surface area (Å²) < 4.78 is 5.37. The molecule has 5 heteroatoms. The Bertz CT molecular complexity index is 462. The molecule has 5 nitrogen and oxygen atoms in total. The second-order valence-electron chi connectivity index (χ2n) is 5.47. The standard InChI is InChI=1S/C15H23N3O2/c1-16-14-10-20-9-13(14)15(19)17-12-6-4-5-11(7-12)8-18(2)3/h4-7,13-14,16H,8-10H2,1-3H3,(H,17,19). The number of nitrogens with one attached hydrogen (secondary N) is 2. The van der Waals surface area contributed by atoms with E-state index in [1.165, 1.54) is 5.56 Å². The summed E-state index contributed by atoms with van der Waals surface area (Å²) in [7, 11) is 5.91. The maximum Gasteiger partial charge on any atom is 0.231 e. The fourth-order valence-electron chi connectivity index (χ4n) is 2.44. The Labute approximate surface area is 120 Å². The second kappa shape index (κ2) is 6.83. The minimum absolute atomic E-state index is 0.0175. The van der Waals surface area contributed by atoms with Crippen LogP contribution in [0, 0.1) is 5.92 Å². The lowest BCUT2D eigenvalue weighted by atomic mass is 10.0. The van der Waals surface area contributed by atoms with Gasteiger partial charge in [-0.1, -0.05) is 12.1 Å². The van der Waals surface area contributed by atoms with Crippen molar-refractivity contribution in [3.05, 3.63) is 29.8 Å². The molecule has 1 amide bonds. The molecule has 2 atom stereocenters. The van der Waals surface area contributed by atoms with Gasteiger partial charge in [-0.2, -0.15) is 0 Å². The van der Waals surface area contributed by atoms with Crippen molar-refractivity contribution in [2.24, 2.45) is 5.92 Å². The normalized spacial score (nSPS) is 22.2. The van der Waals surface area contributed by atoms with Crippen LogP contribution < -0.4 is 10.6 Å². The number of rotatable bonds is 5. The Hall–Kier alpha value is -1.43. The average molecular weight is 277 g/mol. The van der Waals surface area contributed by atoms with Gasteiger partial charge in [0.2, 0.25) is 5.91 Å². The van der Waals surface area contributed by atoms with Crippen molar-refractivity contribution in [1.29, 1.82) is 0 Å². The number of anilines is 1. The number of nitrogens with zero attached hydrogens (tertiary/aromatic N) is 1. The Kier molecular flexibility index (Phi) is 5.11. The molecule has 1 aromatic rings. The highest BCUT2D eigenvalue weighted by molar-refractivity contribution is 5.93. The van der Waals surface area contributed by atoms with Crippen molar-refractivity contribution in [3.63, 3.8) is 0 Å². The monoisotopic (exact) mass is 277 g/mol. The second-order valence-corrected chi connectivity index (χ2v) is 5.47. The lowest BCUT2D eigenvalue weighted by Gasteiger charge is -2.17. The average Bonchev–Trinajstić information content (AvgIpc) is 2.86. The van der Waals surface area contributed by atoms with E-state index in [1.807, 2.05) is 39.3 Å². The van der Waals surface area contributed by atoms with Crippen molar-refractivity contribution in [3.8, 4) is 0 Å². The van der Waals surface area contributed by atoms with Crippen LogP contribution in [-0.4, -0.2) is 51.2 Å². The van der Waals surface area contributed by atoms with Crippen LogP contribution in [-0.2, 0) is 16.1 Å². The summed E-state index contributed by atoms with van der Waals surface area (Å²) in [5, 5.41) is 6.11. The molecule has 110 valence electrons. The number of hydrogen-bond acceptors (Lipinski definition) is 4. The van der Waals surface area contributed by atoms with Crippen LogP contribution in [0.4, 0.5) is 5.69 Å². The van der Waals surface area contributed by atoms with Gasteiger partial charge in [-0.3, -0.25) is 4.79 Å². The van der Waals surface area contributed by atoms with E-state index in [-0.39, 0.29) is 17.9 Å². The van der Waals surface area contributed by atoms with Crippen LogP contribution in [0.15, 0.2) is 24.3 Å². The van der Waals surface area contributed by atoms with Gasteiger partial charge in [-0.05, 0) is 38.8 Å². The molecule has 1 heterocycles. The molecule has 2 N–H and O–H groups in total. The van der Waals surface area contributed by atoms with Gasteiger partial charge < -0.3 is 20.3 Å². The highest BCUT2D eigenvalue weighted by Gasteiger charge is 2.32. The molecule has 2 unspecified atom stereocenters. The quantitative estimate of drug-likeness (QED) is 0.840. The minimum atomic E-state index is -0.127. The summed E-state index contributed by atoms with van der Waals surface area (Å²) in [5.41, 5.74) is 2.02. The van der Waals surface area contributed by atoms with Gasteiger partial charge in [-0.25, -0.2) is 0 Å². The summed E-state index contributed by atoms with van der Waals surface area (Å²) in [6.45, 7) is 1.93. The minimum Gasteiger partial charge on any atom is -0.379 e. The van der Waals surface area contributed by atoms with Crippen molar-refractivity contribution in [2.45, 2.75) is 12.6 Å². The number of likely N-dealkylation sites (N-methyl/N-ethyl adjacent to an activating group) is 1. The zero-order valence-electron chi connectivity index (χ0n) is 12.3. The summed E-state index contributed by atoms with van der Waals surface area (Å²) >= 11 is 0.